The standard InChI is InChI=1S/C15H23N5O2S/c1-4-21-10(2)15-17-12(9-23-15)7-20-5-6-22-13(8-20)14-16-11(3)18-19-14/h9-10,13H,4-8H2,1-3H3,(H,16,18,19)/t10-,13+/m0/s1. The van der Waals surface area contributed by atoms with Gasteiger partial charge in [-0.15, -0.1) is 11.3 Å². The van der Waals surface area contributed by atoms with Crippen molar-refractivity contribution in [2.24, 2.45) is 0 Å². The van der Waals surface area contributed by atoms with Gasteiger partial charge in [0.15, 0.2) is 5.82 Å². The Morgan fingerprint density at radius 2 is 2.39 bits per heavy atom. The third-order valence-corrected chi connectivity index (χ3v) is 4.83. The fraction of sp³-hybridized carbons (Fsp3) is 0.667. The maximum Gasteiger partial charge on any atom is 0.180 e. The second-order valence-electron chi connectivity index (χ2n) is 5.65. The Balaban J connectivity index is 1.59. The average Bonchev–Trinajstić information content (AvgIpc) is 3.17. The fourth-order valence-electron chi connectivity index (χ4n) is 2.64. The number of ether oxygens (including phenoxy) is 2. The Hall–Kier alpha value is -1.35. The van der Waals surface area contributed by atoms with Crippen molar-refractivity contribution in [3.8, 4) is 0 Å². The maximum atomic E-state index is 5.80. The van der Waals surface area contributed by atoms with Crippen LogP contribution in [0.3, 0.4) is 0 Å². The summed E-state index contributed by atoms with van der Waals surface area (Å²) in [5, 5.41) is 10.2. The molecule has 1 N–H and O–H groups in total. The van der Waals surface area contributed by atoms with E-state index in [0.717, 1.165) is 42.0 Å². The Morgan fingerprint density at radius 3 is 3.13 bits per heavy atom. The van der Waals surface area contributed by atoms with E-state index in [1.165, 1.54) is 0 Å². The van der Waals surface area contributed by atoms with Crippen LogP contribution >= 0.6 is 11.3 Å². The molecule has 0 saturated carbocycles. The molecule has 0 spiro atoms. The summed E-state index contributed by atoms with van der Waals surface area (Å²) in [5.41, 5.74) is 1.09. The van der Waals surface area contributed by atoms with Gasteiger partial charge in [0.1, 0.15) is 23.0 Å². The van der Waals surface area contributed by atoms with E-state index in [-0.39, 0.29) is 12.2 Å². The Bertz CT molecular complexity index is 629. The Morgan fingerprint density at radius 1 is 1.52 bits per heavy atom. The molecule has 8 heteroatoms. The van der Waals surface area contributed by atoms with Gasteiger partial charge in [-0.25, -0.2) is 9.97 Å². The van der Waals surface area contributed by atoms with Crippen molar-refractivity contribution in [1.82, 2.24) is 25.1 Å². The van der Waals surface area contributed by atoms with E-state index >= 15 is 0 Å². The zero-order valence-corrected chi connectivity index (χ0v) is 14.6. The molecule has 7 nitrogen and oxygen atoms in total. The summed E-state index contributed by atoms with van der Waals surface area (Å²) in [4.78, 5) is 11.4. The molecule has 1 aliphatic heterocycles. The topological polar surface area (TPSA) is 76.2 Å². The van der Waals surface area contributed by atoms with E-state index in [9.17, 15) is 0 Å². The maximum absolute atomic E-state index is 5.80. The molecule has 0 aliphatic carbocycles. The number of H-pyrrole nitrogens is 1. The van der Waals surface area contributed by atoms with E-state index in [4.69, 9.17) is 14.5 Å². The molecule has 0 radical (unpaired) electrons. The highest BCUT2D eigenvalue weighted by Gasteiger charge is 2.25. The molecule has 1 fully saturated rings. The van der Waals surface area contributed by atoms with Crippen LogP contribution in [-0.2, 0) is 16.0 Å². The normalized spacial score (nSPS) is 20.7. The van der Waals surface area contributed by atoms with Crippen LogP contribution in [0.4, 0.5) is 0 Å². The van der Waals surface area contributed by atoms with E-state index < -0.39 is 0 Å². The second kappa shape index (κ2) is 7.48. The number of rotatable bonds is 6. The van der Waals surface area contributed by atoms with Crippen molar-refractivity contribution in [3.63, 3.8) is 0 Å². The number of hydrogen-bond acceptors (Lipinski definition) is 7. The molecule has 0 bridgehead atoms. The molecular formula is C15H23N5O2S. The van der Waals surface area contributed by atoms with Crippen molar-refractivity contribution >= 4 is 11.3 Å². The molecule has 1 saturated heterocycles. The molecule has 0 unspecified atom stereocenters. The van der Waals surface area contributed by atoms with Crippen LogP contribution in [0.5, 0.6) is 0 Å². The minimum Gasteiger partial charge on any atom is -0.372 e. The van der Waals surface area contributed by atoms with Crippen LogP contribution in [0.25, 0.3) is 0 Å². The van der Waals surface area contributed by atoms with E-state index in [0.29, 0.717) is 13.2 Å². The number of aromatic amines is 1. The Kier molecular flexibility index (Phi) is 5.37. The summed E-state index contributed by atoms with van der Waals surface area (Å²) in [5.74, 6) is 1.55. The molecule has 0 aromatic carbocycles. The smallest absolute Gasteiger partial charge is 0.180 e. The number of aromatic nitrogens is 4. The molecular weight excluding hydrogens is 314 g/mol. The van der Waals surface area contributed by atoms with Crippen LogP contribution in [0.15, 0.2) is 5.38 Å². The first kappa shape index (κ1) is 16.5. The molecule has 2 aromatic heterocycles. The molecule has 23 heavy (non-hydrogen) atoms. The lowest BCUT2D eigenvalue weighted by atomic mass is 10.2. The van der Waals surface area contributed by atoms with E-state index in [1.807, 2.05) is 20.8 Å². The van der Waals surface area contributed by atoms with Crippen molar-refractivity contribution in [2.75, 3.05) is 26.3 Å². The third-order valence-electron chi connectivity index (χ3n) is 3.77. The van der Waals surface area contributed by atoms with Crippen LogP contribution in [0.1, 0.15) is 48.4 Å². The summed E-state index contributed by atoms with van der Waals surface area (Å²) in [6, 6.07) is 0. The highest BCUT2D eigenvalue weighted by molar-refractivity contribution is 7.09. The van der Waals surface area contributed by atoms with Gasteiger partial charge in [0.2, 0.25) is 0 Å². The van der Waals surface area contributed by atoms with Gasteiger partial charge in [-0.2, -0.15) is 5.10 Å². The van der Waals surface area contributed by atoms with Crippen LogP contribution < -0.4 is 0 Å². The van der Waals surface area contributed by atoms with Crippen LogP contribution in [0, 0.1) is 6.92 Å². The van der Waals surface area contributed by atoms with Gasteiger partial charge in [0.25, 0.3) is 0 Å². The van der Waals surface area contributed by atoms with E-state index in [1.54, 1.807) is 11.3 Å². The quantitative estimate of drug-likeness (QED) is 0.871. The van der Waals surface area contributed by atoms with E-state index in [2.05, 4.69) is 25.5 Å². The molecule has 2 atom stereocenters. The summed E-state index contributed by atoms with van der Waals surface area (Å²) in [6.45, 7) is 9.83. The van der Waals surface area contributed by atoms with Crippen molar-refractivity contribution in [2.45, 2.75) is 39.5 Å². The van der Waals surface area contributed by atoms with Gasteiger partial charge < -0.3 is 9.47 Å². The number of thiazole rings is 1. The molecule has 3 rings (SSSR count). The number of nitrogens with zero attached hydrogens (tertiary/aromatic N) is 4. The number of nitrogens with one attached hydrogen (secondary N) is 1. The monoisotopic (exact) mass is 337 g/mol. The van der Waals surface area contributed by atoms with Crippen LogP contribution in [0.2, 0.25) is 0 Å². The summed E-state index contributed by atoms with van der Waals surface area (Å²) in [6.07, 6.45) is -0.0124. The molecule has 1 aliphatic rings. The number of aryl methyl sites for hydroxylation is 1. The fourth-order valence-corrected chi connectivity index (χ4v) is 3.45. The molecule has 3 heterocycles. The first-order valence-corrected chi connectivity index (χ1v) is 8.82. The van der Waals surface area contributed by atoms with Crippen molar-refractivity contribution in [3.05, 3.63) is 27.7 Å². The summed E-state index contributed by atoms with van der Waals surface area (Å²) in [7, 11) is 0. The zero-order chi connectivity index (χ0) is 16.2. The highest BCUT2D eigenvalue weighted by Crippen LogP contribution is 2.24. The first-order valence-electron chi connectivity index (χ1n) is 7.94. The summed E-state index contributed by atoms with van der Waals surface area (Å²) >= 11 is 1.66. The minimum atomic E-state index is -0.0749. The van der Waals surface area contributed by atoms with Crippen LogP contribution in [-0.4, -0.2) is 51.4 Å². The number of hydrogen-bond donors (Lipinski definition) is 1. The second-order valence-corrected chi connectivity index (χ2v) is 6.54. The molecule has 2 aromatic rings. The average molecular weight is 337 g/mol. The van der Waals surface area contributed by atoms with Gasteiger partial charge in [-0.3, -0.25) is 10.00 Å². The predicted octanol–water partition coefficient (Wildman–Crippen LogP) is 2.24. The largest absolute Gasteiger partial charge is 0.372 e. The SMILES string of the molecule is CCO[C@@H](C)c1nc(CN2CCO[C@@H](c3n[nH]c(C)n3)C2)cs1. The van der Waals surface area contributed by atoms with Gasteiger partial charge in [-0.05, 0) is 20.8 Å². The van der Waals surface area contributed by atoms with Gasteiger partial charge in [-0.1, -0.05) is 0 Å². The lowest BCUT2D eigenvalue weighted by Gasteiger charge is -2.31. The van der Waals surface area contributed by atoms with Gasteiger partial charge in [0.05, 0.1) is 12.3 Å². The lowest BCUT2D eigenvalue weighted by Crippen LogP contribution is -2.38. The Labute approximate surface area is 140 Å². The minimum absolute atomic E-state index is 0.0624. The molecule has 0 amide bonds. The van der Waals surface area contributed by atoms with Crippen molar-refractivity contribution < 1.29 is 9.47 Å². The lowest BCUT2D eigenvalue weighted by molar-refractivity contribution is -0.0374. The predicted molar refractivity (Wildman–Crippen MR) is 87.2 cm³/mol. The zero-order valence-electron chi connectivity index (χ0n) is 13.8. The van der Waals surface area contributed by atoms with Crippen molar-refractivity contribution in [1.29, 1.82) is 0 Å². The van der Waals surface area contributed by atoms with Gasteiger partial charge >= 0.3 is 0 Å². The first-order chi connectivity index (χ1) is 11.2. The number of morpholine rings is 1. The molecule has 126 valence electrons. The highest BCUT2D eigenvalue weighted by atomic mass is 32.1. The third kappa shape index (κ3) is 4.14. The summed E-state index contributed by atoms with van der Waals surface area (Å²) < 4.78 is 11.4. The van der Waals surface area contributed by atoms with Gasteiger partial charge in [0, 0.05) is 31.6 Å².